The minimum atomic E-state index is -3.98. The van der Waals surface area contributed by atoms with Crippen molar-refractivity contribution in [2.75, 3.05) is 0 Å². The van der Waals surface area contributed by atoms with Gasteiger partial charge in [-0.2, -0.15) is 0 Å². The molecule has 0 unspecified atom stereocenters. The first-order valence-electron chi connectivity index (χ1n) is 11.0. The molecule has 3 rings (SSSR count). The molecule has 0 saturated heterocycles. The number of hydrogen-bond acceptors (Lipinski definition) is 3. The van der Waals surface area contributed by atoms with Gasteiger partial charge in [0.25, 0.3) is 0 Å². The van der Waals surface area contributed by atoms with Crippen LogP contribution in [-0.4, -0.2) is 8.42 Å². The van der Waals surface area contributed by atoms with E-state index in [1.54, 1.807) is 0 Å². The zero-order chi connectivity index (χ0) is 23.5. The van der Waals surface area contributed by atoms with Gasteiger partial charge in [-0.15, -0.1) is 0 Å². The second-order valence-electron chi connectivity index (χ2n) is 8.85. The Kier molecular flexibility index (Phi) is 8.17. The summed E-state index contributed by atoms with van der Waals surface area (Å²) in [5.74, 6) is 0.449. The molecular weight excluding hydrogens is 531 g/mol. The van der Waals surface area contributed by atoms with Crippen LogP contribution in [0.3, 0.4) is 0 Å². The van der Waals surface area contributed by atoms with Crippen molar-refractivity contribution in [2.24, 2.45) is 0 Å². The zero-order valence-electron chi connectivity index (χ0n) is 19.7. The zero-order valence-corrected chi connectivity index (χ0v) is 22.6. The van der Waals surface area contributed by atoms with E-state index in [0.717, 1.165) is 23.8 Å². The third-order valence-electron chi connectivity index (χ3n) is 5.34. The molecule has 0 N–H and O–H groups in total. The average Bonchev–Trinajstić information content (AvgIpc) is 2.77. The fraction of sp³-hybridized carbons (Fsp3) is 0.333. The van der Waals surface area contributed by atoms with Crippen molar-refractivity contribution in [3.63, 3.8) is 0 Å². The van der Waals surface area contributed by atoms with E-state index < -0.39 is 30.4 Å². The van der Waals surface area contributed by atoms with Crippen LogP contribution in [0, 0.1) is 7.14 Å². The molecule has 5 heteroatoms. The molecule has 0 aliphatic rings. The average molecular weight is 565 g/mol. The topological polar surface area (TPSA) is 43.4 Å². The molecule has 0 heterocycles. The van der Waals surface area contributed by atoms with Gasteiger partial charge in [0.2, 0.25) is 0 Å². The fourth-order valence-corrected chi connectivity index (χ4v) is 11.2. The molecule has 0 aliphatic heterocycles. The van der Waals surface area contributed by atoms with Crippen LogP contribution in [-0.2, 0) is 12.6 Å². The molecule has 0 radical (unpaired) electrons. The quantitative estimate of drug-likeness (QED) is 0.261. The van der Waals surface area contributed by atoms with Gasteiger partial charge in [-0.3, -0.25) is 0 Å². The summed E-state index contributed by atoms with van der Waals surface area (Å²) in [6, 6.07) is 23.6. The molecule has 0 spiro atoms. The summed E-state index contributed by atoms with van der Waals surface area (Å²) >= 11 is -2.69. The molecular formula is C27H33IO3S. The van der Waals surface area contributed by atoms with Gasteiger partial charge in [-0.1, -0.05) is 0 Å². The summed E-state index contributed by atoms with van der Waals surface area (Å²) in [5.41, 5.74) is 2.85. The van der Waals surface area contributed by atoms with Crippen LogP contribution in [0.5, 0.6) is 0 Å². The molecule has 0 atom stereocenters. The summed E-state index contributed by atoms with van der Waals surface area (Å²) in [5, 5.41) is 0. The van der Waals surface area contributed by atoms with Crippen molar-refractivity contribution in [1.82, 2.24) is 0 Å². The Morgan fingerprint density at radius 3 is 1.41 bits per heavy atom. The van der Waals surface area contributed by atoms with Gasteiger partial charge in [0.15, 0.2) is 0 Å². The number of benzene rings is 3. The molecule has 0 aromatic heterocycles. The molecule has 0 aliphatic carbocycles. The molecule has 172 valence electrons. The maximum atomic E-state index is 13.9. The molecule has 0 bridgehead atoms. The normalized spacial score (nSPS) is 12.6. The van der Waals surface area contributed by atoms with Gasteiger partial charge in [0, 0.05) is 0 Å². The molecule has 3 nitrogen and oxygen atoms in total. The molecule has 0 fully saturated rings. The summed E-state index contributed by atoms with van der Waals surface area (Å²) < 4.78 is 36.0. The van der Waals surface area contributed by atoms with Crippen LogP contribution >= 0.6 is 20.2 Å². The predicted octanol–water partition coefficient (Wildman–Crippen LogP) is 7.92. The summed E-state index contributed by atoms with van der Waals surface area (Å²) in [6.07, 6.45) is 0. The van der Waals surface area contributed by atoms with Gasteiger partial charge >= 0.3 is 202 Å². The SMILES string of the molecule is CC(C)c1cc(C(C)C)c(S(=O)(=O)OI(c2ccccc2)c2ccccc2)c(C(C)C)c1. The van der Waals surface area contributed by atoms with E-state index in [2.05, 4.69) is 26.0 Å². The molecule has 0 saturated carbocycles. The summed E-state index contributed by atoms with van der Waals surface area (Å²) in [6.45, 7) is 12.5. The predicted molar refractivity (Wildman–Crippen MR) is 141 cm³/mol. The number of rotatable bonds is 8. The standard InChI is InChI=1S/C27H33IO3S/c1-19(2)22-17-25(20(3)4)27(26(18-22)21(5)6)32(29,30)31-28(23-13-9-7-10-14-23)24-15-11-8-12-16-24/h7-21H,1-6H3. The third kappa shape index (κ3) is 5.61. The monoisotopic (exact) mass is 564 g/mol. The minimum absolute atomic E-state index is 0.0651. The van der Waals surface area contributed by atoms with Crippen molar-refractivity contribution in [3.05, 3.63) is 96.6 Å². The van der Waals surface area contributed by atoms with Crippen LogP contribution in [0.4, 0.5) is 0 Å². The van der Waals surface area contributed by atoms with E-state index in [-0.39, 0.29) is 11.8 Å². The first kappa shape index (κ1) is 24.9. The van der Waals surface area contributed by atoms with Crippen molar-refractivity contribution < 1.29 is 10.9 Å². The van der Waals surface area contributed by atoms with Gasteiger partial charge in [0.1, 0.15) is 0 Å². The van der Waals surface area contributed by atoms with E-state index in [1.807, 2.05) is 88.4 Å². The fourth-order valence-electron chi connectivity index (χ4n) is 3.55. The Labute approximate surface area is 201 Å². The summed E-state index contributed by atoms with van der Waals surface area (Å²) in [7, 11) is -3.98. The Balaban J connectivity index is 2.19. The summed E-state index contributed by atoms with van der Waals surface area (Å²) in [4.78, 5) is 0.362. The van der Waals surface area contributed by atoms with Crippen molar-refractivity contribution in [1.29, 1.82) is 0 Å². The molecule has 0 amide bonds. The van der Waals surface area contributed by atoms with E-state index in [9.17, 15) is 8.42 Å². The van der Waals surface area contributed by atoms with Gasteiger partial charge in [-0.25, -0.2) is 0 Å². The van der Waals surface area contributed by atoms with E-state index >= 15 is 0 Å². The van der Waals surface area contributed by atoms with Crippen molar-refractivity contribution >= 4 is 30.4 Å². The van der Waals surface area contributed by atoms with Crippen LogP contribution in [0.15, 0.2) is 77.7 Å². The first-order chi connectivity index (χ1) is 15.1. The molecule has 3 aromatic rings. The Morgan fingerprint density at radius 1 is 0.656 bits per heavy atom. The van der Waals surface area contributed by atoms with Crippen LogP contribution < -0.4 is 0 Å². The van der Waals surface area contributed by atoms with Gasteiger partial charge in [-0.05, 0) is 0 Å². The Bertz CT molecular complexity index is 1070. The van der Waals surface area contributed by atoms with Crippen molar-refractivity contribution in [3.8, 4) is 0 Å². The Morgan fingerprint density at radius 2 is 1.06 bits per heavy atom. The second kappa shape index (κ2) is 10.5. The first-order valence-corrected chi connectivity index (χ1v) is 15.5. The van der Waals surface area contributed by atoms with Gasteiger partial charge in [0.05, 0.1) is 0 Å². The number of halogens is 1. The van der Waals surface area contributed by atoms with E-state index in [4.69, 9.17) is 2.51 Å². The Hall–Kier alpha value is -1.70. The third-order valence-corrected chi connectivity index (χ3v) is 12.8. The van der Waals surface area contributed by atoms with Crippen LogP contribution in [0.2, 0.25) is 0 Å². The van der Waals surface area contributed by atoms with Crippen molar-refractivity contribution in [2.45, 2.75) is 64.2 Å². The number of hydrogen-bond donors (Lipinski definition) is 0. The maximum absolute atomic E-state index is 13.9. The van der Waals surface area contributed by atoms with E-state index in [1.165, 1.54) is 0 Å². The molecule has 32 heavy (non-hydrogen) atoms. The van der Waals surface area contributed by atoms with Crippen LogP contribution in [0.1, 0.15) is 76.0 Å². The van der Waals surface area contributed by atoms with E-state index in [0.29, 0.717) is 10.8 Å². The van der Waals surface area contributed by atoms with Gasteiger partial charge < -0.3 is 0 Å². The second-order valence-corrected chi connectivity index (χ2v) is 15.3. The molecule has 3 aromatic carbocycles. The van der Waals surface area contributed by atoms with Crippen LogP contribution in [0.25, 0.3) is 0 Å².